The molecule has 0 aliphatic rings. The molecule has 0 unspecified atom stereocenters. The van der Waals surface area contributed by atoms with Gasteiger partial charge in [-0.3, -0.25) is 0 Å². The smallest absolute Gasteiger partial charge is 0.133 e. The van der Waals surface area contributed by atoms with Gasteiger partial charge in [0.2, 0.25) is 0 Å². The fourth-order valence-corrected chi connectivity index (χ4v) is 3.66. The minimum Gasteiger partial charge on any atom is -0.240 e. The lowest BCUT2D eigenvalue weighted by molar-refractivity contribution is 0.900. The van der Waals surface area contributed by atoms with Crippen LogP contribution in [0.5, 0.6) is 0 Å². The van der Waals surface area contributed by atoms with Crippen molar-refractivity contribution < 1.29 is 0 Å². The number of nitrogens with zero attached hydrogens (tertiary/aromatic N) is 1. The van der Waals surface area contributed by atoms with Crippen molar-refractivity contribution in [3.8, 4) is 9.88 Å². The molecule has 1 nitrogen and oxygen atoms in total. The number of hydrogen-bond acceptors (Lipinski definition) is 3. The predicted octanol–water partition coefficient (Wildman–Crippen LogP) is 4.81. The molecule has 0 aliphatic carbocycles. The summed E-state index contributed by atoms with van der Waals surface area (Å²) in [5.41, 5.74) is 1.15. The minimum atomic E-state index is 0.706. The Morgan fingerprint density at radius 2 is 2.27 bits per heavy atom. The van der Waals surface area contributed by atoms with Crippen LogP contribution in [0.4, 0.5) is 0 Å². The third-order valence-corrected chi connectivity index (χ3v) is 4.85. The lowest BCUT2D eigenvalue weighted by Crippen LogP contribution is -1.85. The highest BCUT2D eigenvalue weighted by atomic mass is 79.9. The summed E-state index contributed by atoms with van der Waals surface area (Å²) in [6.45, 7) is 0. The molecule has 15 heavy (non-hydrogen) atoms. The second kappa shape index (κ2) is 5.43. The van der Waals surface area contributed by atoms with Gasteiger partial charge < -0.3 is 0 Å². The first-order chi connectivity index (χ1) is 7.29. The van der Waals surface area contributed by atoms with Crippen molar-refractivity contribution in [3.63, 3.8) is 0 Å². The van der Waals surface area contributed by atoms with Gasteiger partial charge in [0.15, 0.2) is 0 Å². The van der Waals surface area contributed by atoms with Gasteiger partial charge in [0.25, 0.3) is 0 Å². The zero-order valence-electron chi connectivity index (χ0n) is 7.87. The van der Waals surface area contributed by atoms with Crippen molar-refractivity contribution in [3.05, 3.63) is 27.0 Å². The van der Waals surface area contributed by atoms with Gasteiger partial charge in [-0.1, -0.05) is 0 Å². The van der Waals surface area contributed by atoms with Crippen LogP contribution in [0.3, 0.4) is 0 Å². The number of aromatic nitrogens is 1. The second-order valence-electron chi connectivity index (χ2n) is 3.04. The van der Waals surface area contributed by atoms with Crippen LogP contribution in [0, 0.1) is 0 Å². The topological polar surface area (TPSA) is 12.9 Å². The Labute approximate surface area is 110 Å². The SMILES string of the molecule is ClCCCc1csc(-c2ccc(Br)s2)n1. The maximum atomic E-state index is 5.65. The Kier molecular flexibility index (Phi) is 4.20. The number of thiazole rings is 1. The van der Waals surface area contributed by atoms with Gasteiger partial charge in [0.1, 0.15) is 5.01 Å². The number of alkyl halides is 1. The summed E-state index contributed by atoms with van der Waals surface area (Å²) >= 11 is 12.5. The first kappa shape index (κ1) is 11.6. The van der Waals surface area contributed by atoms with E-state index in [2.05, 4.69) is 38.4 Å². The van der Waals surface area contributed by atoms with Crippen LogP contribution in [0.1, 0.15) is 12.1 Å². The van der Waals surface area contributed by atoms with Crippen molar-refractivity contribution in [1.29, 1.82) is 0 Å². The molecule has 0 spiro atoms. The van der Waals surface area contributed by atoms with Gasteiger partial charge in [0.05, 0.1) is 14.4 Å². The summed E-state index contributed by atoms with van der Waals surface area (Å²) in [7, 11) is 0. The molecule has 0 radical (unpaired) electrons. The maximum absolute atomic E-state index is 5.65. The molecule has 0 fully saturated rings. The molecule has 0 atom stereocenters. The molecule has 0 bridgehead atoms. The molecule has 0 N–H and O–H groups in total. The van der Waals surface area contributed by atoms with Crippen molar-refractivity contribution in [2.75, 3.05) is 5.88 Å². The zero-order valence-corrected chi connectivity index (χ0v) is 11.8. The highest BCUT2D eigenvalue weighted by Crippen LogP contribution is 2.33. The third kappa shape index (κ3) is 3.03. The molecule has 2 aromatic heterocycles. The summed E-state index contributed by atoms with van der Waals surface area (Å²) in [5, 5.41) is 3.23. The van der Waals surface area contributed by atoms with Crippen LogP contribution in [-0.2, 0) is 6.42 Å². The van der Waals surface area contributed by atoms with Crippen LogP contribution in [0.2, 0.25) is 0 Å². The van der Waals surface area contributed by atoms with E-state index in [0.717, 1.165) is 27.3 Å². The summed E-state index contributed by atoms with van der Waals surface area (Å²) in [6.07, 6.45) is 1.98. The normalized spacial score (nSPS) is 10.8. The summed E-state index contributed by atoms with van der Waals surface area (Å²) < 4.78 is 1.15. The average Bonchev–Trinajstić information content (AvgIpc) is 2.83. The minimum absolute atomic E-state index is 0.706. The quantitative estimate of drug-likeness (QED) is 0.736. The summed E-state index contributed by atoms with van der Waals surface area (Å²) in [6, 6.07) is 4.15. The number of halogens is 2. The van der Waals surface area contributed by atoms with Gasteiger partial charge in [0, 0.05) is 11.3 Å². The molecule has 0 amide bonds. The Balaban J connectivity index is 2.13. The summed E-state index contributed by atoms with van der Waals surface area (Å²) in [4.78, 5) is 5.81. The summed E-state index contributed by atoms with van der Waals surface area (Å²) in [5.74, 6) is 0.706. The molecule has 5 heteroatoms. The first-order valence-corrected chi connectivity index (χ1v) is 7.58. The highest BCUT2D eigenvalue weighted by molar-refractivity contribution is 9.11. The molecule has 80 valence electrons. The van der Waals surface area contributed by atoms with Crippen LogP contribution >= 0.6 is 50.2 Å². The van der Waals surface area contributed by atoms with E-state index >= 15 is 0 Å². The molecule has 2 heterocycles. The lowest BCUT2D eigenvalue weighted by Gasteiger charge is -1.91. The first-order valence-electron chi connectivity index (χ1n) is 4.55. The van der Waals surface area contributed by atoms with Crippen LogP contribution in [0.15, 0.2) is 21.3 Å². The molecule has 0 aliphatic heterocycles. The Morgan fingerprint density at radius 3 is 2.93 bits per heavy atom. The molecular formula is C10H9BrClNS2. The monoisotopic (exact) mass is 321 g/mol. The highest BCUT2D eigenvalue weighted by Gasteiger charge is 2.06. The lowest BCUT2D eigenvalue weighted by atomic mass is 10.3. The van der Waals surface area contributed by atoms with Crippen molar-refractivity contribution in [2.45, 2.75) is 12.8 Å². The third-order valence-electron chi connectivity index (χ3n) is 1.90. The maximum Gasteiger partial charge on any atom is 0.133 e. The van der Waals surface area contributed by atoms with Gasteiger partial charge in [-0.25, -0.2) is 4.98 Å². The molecule has 0 aromatic carbocycles. The number of aryl methyl sites for hydroxylation is 1. The molecule has 2 rings (SSSR count). The van der Waals surface area contributed by atoms with E-state index in [1.165, 1.54) is 4.88 Å². The van der Waals surface area contributed by atoms with E-state index in [0.29, 0.717) is 5.88 Å². The molecule has 0 saturated carbocycles. The fourth-order valence-electron chi connectivity index (χ4n) is 1.21. The van der Waals surface area contributed by atoms with E-state index in [4.69, 9.17) is 11.6 Å². The number of rotatable bonds is 4. The van der Waals surface area contributed by atoms with Crippen LogP contribution in [0.25, 0.3) is 9.88 Å². The standard InChI is InChI=1S/C10H9BrClNS2/c11-9-4-3-8(15-9)10-13-7(6-14-10)2-1-5-12/h3-4,6H,1-2,5H2. The van der Waals surface area contributed by atoms with Crippen LogP contribution < -0.4 is 0 Å². The van der Waals surface area contributed by atoms with Crippen molar-refractivity contribution >= 4 is 50.2 Å². The van der Waals surface area contributed by atoms with Gasteiger partial charge in [-0.15, -0.1) is 34.3 Å². The van der Waals surface area contributed by atoms with E-state index < -0.39 is 0 Å². The van der Waals surface area contributed by atoms with Crippen LogP contribution in [-0.4, -0.2) is 10.9 Å². The number of thiophene rings is 1. The van der Waals surface area contributed by atoms with E-state index in [9.17, 15) is 0 Å². The van der Waals surface area contributed by atoms with E-state index in [1.54, 1.807) is 22.7 Å². The Hall–Kier alpha value is 0.1000. The predicted molar refractivity (Wildman–Crippen MR) is 72.2 cm³/mol. The number of hydrogen-bond donors (Lipinski definition) is 0. The van der Waals surface area contributed by atoms with Crippen molar-refractivity contribution in [2.24, 2.45) is 0 Å². The Bertz CT molecular complexity index is 438. The molecule has 2 aromatic rings. The zero-order chi connectivity index (χ0) is 10.7. The van der Waals surface area contributed by atoms with Gasteiger partial charge in [-0.2, -0.15) is 0 Å². The fraction of sp³-hybridized carbons (Fsp3) is 0.300. The molecule has 0 saturated heterocycles. The van der Waals surface area contributed by atoms with Gasteiger partial charge in [-0.05, 0) is 40.9 Å². The van der Waals surface area contributed by atoms with Gasteiger partial charge >= 0.3 is 0 Å². The average molecular weight is 323 g/mol. The second-order valence-corrected chi connectivity index (χ2v) is 6.74. The molecular weight excluding hydrogens is 314 g/mol. The Morgan fingerprint density at radius 1 is 1.40 bits per heavy atom. The van der Waals surface area contributed by atoms with E-state index in [1.807, 2.05) is 0 Å². The van der Waals surface area contributed by atoms with Crippen molar-refractivity contribution in [1.82, 2.24) is 4.98 Å². The largest absolute Gasteiger partial charge is 0.240 e. The van der Waals surface area contributed by atoms with E-state index in [-0.39, 0.29) is 0 Å².